The maximum atomic E-state index is 11.4. The first kappa shape index (κ1) is 9.84. The summed E-state index contributed by atoms with van der Waals surface area (Å²) in [5, 5.41) is 0. The highest BCUT2D eigenvalue weighted by Gasteiger charge is 2.14. The molecule has 1 aromatic rings. The molecule has 70 valence electrons. The molecule has 0 aliphatic rings. The van der Waals surface area contributed by atoms with Crippen LogP contribution in [-0.2, 0) is 4.79 Å². The van der Waals surface area contributed by atoms with Gasteiger partial charge in [0.1, 0.15) is 11.6 Å². The van der Waals surface area contributed by atoms with Gasteiger partial charge in [0.15, 0.2) is 0 Å². The Kier molecular flexibility index (Phi) is 3.12. The Morgan fingerprint density at radius 2 is 2.31 bits per heavy atom. The van der Waals surface area contributed by atoms with Gasteiger partial charge in [-0.1, -0.05) is 6.92 Å². The summed E-state index contributed by atoms with van der Waals surface area (Å²) >= 11 is 0. The van der Waals surface area contributed by atoms with Crippen LogP contribution in [0.1, 0.15) is 37.7 Å². The molecule has 1 aromatic heterocycles. The van der Waals surface area contributed by atoms with Gasteiger partial charge >= 0.3 is 0 Å². The summed E-state index contributed by atoms with van der Waals surface area (Å²) in [4.78, 5) is 19.6. The second kappa shape index (κ2) is 4.12. The van der Waals surface area contributed by atoms with Gasteiger partial charge in [0.2, 0.25) is 0 Å². The van der Waals surface area contributed by atoms with Crippen LogP contribution in [-0.4, -0.2) is 15.8 Å². The molecule has 0 N–H and O–H groups in total. The molecule has 0 aliphatic carbocycles. The first-order valence-electron chi connectivity index (χ1n) is 4.47. The molecule has 3 nitrogen and oxygen atoms in total. The quantitative estimate of drug-likeness (QED) is 0.709. The van der Waals surface area contributed by atoms with Crippen molar-refractivity contribution in [2.45, 2.75) is 33.1 Å². The Balaban J connectivity index is 2.88. The number of carbonyl (C=O) groups is 1. The number of hydrogen-bond acceptors (Lipinski definition) is 3. The maximum absolute atomic E-state index is 11.4. The fraction of sp³-hybridized carbons (Fsp3) is 0.500. The van der Waals surface area contributed by atoms with Crippen LogP contribution in [0.25, 0.3) is 0 Å². The van der Waals surface area contributed by atoms with Crippen LogP contribution in [0, 0.1) is 6.92 Å². The SMILES string of the molecule is CCC(=O)C(C)c1ccnc(C)n1. The molecule has 13 heavy (non-hydrogen) atoms. The summed E-state index contributed by atoms with van der Waals surface area (Å²) in [5.74, 6) is 0.832. The fourth-order valence-corrected chi connectivity index (χ4v) is 1.19. The van der Waals surface area contributed by atoms with Crippen LogP contribution < -0.4 is 0 Å². The minimum atomic E-state index is -0.105. The van der Waals surface area contributed by atoms with Crippen LogP contribution in [0.2, 0.25) is 0 Å². The maximum Gasteiger partial charge on any atom is 0.141 e. The number of Topliss-reactive ketones (excluding diaryl/α,β-unsaturated/α-hetero) is 1. The molecule has 0 saturated heterocycles. The number of carbonyl (C=O) groups excluding carboxylic acids is 1. The third kappa shape index (κ3) is 2.34. The zero-order valence-electron chi connectivity index (χ0n) is 8.24. The van der Waals surface area contributed by atoms with E-state index in [0.29, 0.717) is 12.2 Å². The van der Waals surface area contributed by atoms with Crippen molar-refractivity contribution >= 4 is 5.78 Å². The van der Waals surface area contributed by atoms with Crippen LogP contribution >= 0.6 is 0 Å². The Bertz CT molecular complexity index is 310. The fourth-order valence-electron chi connectivity index (χ4n) is 1.19. The third-order valence-corrected chi connectivity index (χ3v) is 2.07. The Labute approximate surface area is 78.2 Å². The van der Waals surface area contributed by atoms with Gasteiger partial charge in [-0.25, -0.2) is 9.97 Å². The number of ketones is 1. The summed E-state index contributed by atoms with van der Waals surface area (Å²) in [6.07, 6.45) is 2.25. The molecule has 0 amide bonds. The molecule has 0 spiro atoms. The molecule has 3 heteroatoms. The molecular weight excluding hydrogens is 164 g/mol. The molecule has 0 radical (unpaired) electrons. The van der Waals surface area contributed by atoms with Crippen molar-refractivity contribution < 1.29 is 4.79 Å². The lowest BCUT2D eigenvalue weighted by Gasteiger charge is -2.07. The lowest BCUT2D eigenvalue weighted by Crippen LogP contribution is -2.10. The second-order valence-corrected chi connectivity index (χ2v) is 3.07. The summed E-state index contributed by atoms with van der Waals surface area (Å²) in [5.41, 5.74) is 0.819. The Hall–Kier alpha value is -1.25. The zero-order chi connectivity index (χ0) is 9.84. The molecule has 0 aliphatic heterocycles. The summed E-state index contributed by atoms with van der Waals surface area (Å²) < 4.78 is 0. The van der Waals surface area contributed by atoms with E-state index in [1.165, 1.54) is 0 Å². The summed E-state index contributed by atoms with van der Waals surface area (Å²) in [7, 11) is 0. The molecule has 1 atom stereocenters. The highest BCUT2D eigenvalue weighted by atomic mass is 16.1. The van der Waals surface area contributed by atoms with E-state index in [2.05, 4.69) is 9.97 Å². The van der Waals surface area contributed by atoms with E-state index in [9.17, 15) is 4.79 Å². The molecule has 0 saturated carbocycles. The van der Waals surface area contributed by atoms with E-state index in [0.717, 1.165) is 5.69 Å². The van der Waals surface area contributed by atoms with E-state index in [1.54, 1.807) is 12.3 Å². The zero-order valence-corrected chi connectivity index (χ0v) is 8.24. The van der Waals surface area contributed by atoms with Crippen molar-refractivity contribution in [2.75, 3.05) is 0 Å². The van der Waals surface area contributed by atoms with Crippen molar-refractivity contribution in [3.05, 3.63) is 23.8 Å². The number of aryl methyl sites for hydroxylation is 1. The van der Waals surface area contributed by atoms with Crippen LogP contribution in [0.3, 0.4) is 0 Å². The monoisotopic (exact) mass is 178 g/mol. The van der Waals surface area contributed by atoms with Gasteiger partial charge in [0.25, 0.3) is 0 Å². The standard InChI is InChI=1S/C10H14N2O/c1-4-10(13)7(2)9-5-6-11-8(3)12-9/h5-7H,4H2,1-3H3. The molecule has 1 unspecified atom stereocenters. The Morgan fingerprint density at radius 3 is 2.85 bits per heavy atom. The molecular formula is C10H14N2O. The van der Waals surface area contributed by atoms with Crippen molar-refractivity contribution in [3.8, 4) is 0 Å². The Morgan fingerprint density at radius 1 is 1.62 bits per heavy atom. The van der Waals surface area contributed by atoms with Gasteiger partial charge in [0, 0.05) is 12.6 Å². The predicted molar refractivity (Wildman–Crippen MR) is 50.5 cm³/mol. The summed E-state index contributed by atoms with van der Waals surface area (Å²) in [6.45, 7) is 5.58. The van der Waals surface area contributed by atoms with Crippen LogP contribution in [0.5, 0.6) is 0 Å². The molecule has 0 aromatic carbocycles. The molecule has 1 rings (SSSR count). The molecule has 0 fully saturated rings. The third-order valence-electron chi connectivity index (χ3n) is 2.07. The van der Waals surface area contributed by atoms with Gasteiger partial charge in [-0.05, 0) is 19.9 Å². The van der Waals surface area contributed by atoms with E-state index >= 15 is 0 Å². The lowest BCUT2D eigenvalue weighted by atomic mass is 10.0. The predicted octanol–water partition coefficient (Wildman–Crippen LogP) is 1.87. The van der Waals surface area contributed by atoms with Crippen LogP contribution in [0.4, 0.5) is 0 Å². The number of hydrogen-bond donors (Lipinski definition) is 0. The largest absolute Gasteiger partial charge is 0.299 e. The van der Waals surface area contributed by atoms with Crippen molar-refractivity contribution in [1.29, 1.82) is 0 Å². The first-order valence-corrected chi connectivity index (χ1v) is 4.47. The van der Waals surface area contributed by atoms with Gasteiger partial charge in [-0.2, -0.15) is 0 Å². The van der Waals surface area contributed by atoms with Gasteiger partial charge < -0.3 is 0 Å². The highest BCUT2D eigenvalue weighted by Crippen LogP contribution is 2.14. The van der Waals surface area contributed by atoms with Crippen LogP contribution in [0.15, 0.2) is 12.3 Å². The topological polar surface area (TPSA) is 42.9 Å². The summed E-state index contributed by atoms with van der Waals surface area (Å²) in [6, 6.07) is 1.80. The second-order valence-electron chi connectivity index (χ2n) is 3.07. The lowest BCUT2D eigenvalue weighted by molar-refractivity contribution is -0.119. The van der Waals surface area contributed by atoms with Crippen molar-refractivity contribution in [2.24, 2.45) is 0 Å². The van der Waals surface area contributed by atoms with Gasteiger partial charge in [-0.15, -0.1) is 0 Å². The smallest absolute Gasteiger partial charge is 0.141 e. The molecule has 0 bridgehead atoms. The minimum Gasteiger partial charge on any atom is -0.299 e. The number of rotatable bonds is 3. The van der Waals surface area contributed by atoms with E-state index < -0.39 is 0 Å². The number of aromatic nitrogens is 2. The van der Waals surface area contributed by atoms with E-state index in [-0.39, 0.29) is 11.7 Å². The number of nitrogens with zero attached hydrogens (tertiary/aromatic N) is 2. The minimum absolute atomic E-state index is 0.105. The van der Waals surface area contributed by atoms with Crippen molar-refractivity contribution in [1.82, 2.24) is 9.97 Å². The van der Waals surface area contributed by atoms with Crippen molar-refractivity contribution in [3.63, 3.8) is 0 Å². The average molecular weight is 178 g/mol. The van der Waals surface area contributed by atoms with Gasteiger partial charge in [-0.3, -0.25) is 4.79 Å². The van der Waals surface area contributed by atoms with Gasteiger partial charge in [0.05, 0.1) is 11.6 Å². The highest BCUT2D eigenvalue weighted by molar-refractivity contribution is 5.84. The first-order chi connectivity index (χ1) is 6.15. The normalized spacial score (nSPS) is 12.5. The molecule has 1 heterocycles. The van der Waals surface area contributed by atoms with E-state index in [1.807, 2.05) is 20.8 Å². The van der Waals surface area contributed by atoms with E-state index in [4.69, 9.17) is 0 Å². The average Bonchev–Trinajstić information content (AvgIpc) is 2.15.